The summed E-state index contributed by atoms with van der Waals surface area (Å²) in [7, 11) is 1.63. The number of methoxy groups -OCH3 is 1. The average Bonchev–Trinajstić information content (AvgIpc) is 3.10. The number of hydrogen-bond donors (Lipinski definition) is 0. The molecule has 0 bridgehead atoms. The standard InChI is InChI=1S/C16H12ClN5O/c1-3-12-14-7-21-15(8-23-2)19-20-16(21)11-6-10(17)4-5-13(11)22(14)9-18-12/h1,4-6,9H,7-8H2,2H3. The summed E-state index contributed by atoms with van der Waals surface area (Å²) in [5.41, 5.74) is 3.32. The van der Waals surface area contributed by atoms with Gasteiger partial charge in [0.05, 0.1) is 17.9 Å². The lowest BCUT2D eigenvalue weighted by atomic mass is 10.1. The third kappa shape index (κ3) is 2.05. The molecule has 0 fully saturated rings. The van der Waals surface area contributed by atoms with E-state index < -0.39 is 0 Å². The van der Waals surface area contributed by atoms with Crippen molar-refractivity contribution in [2.24, 2.45) is 0 Å². The van der Waals surface area contributed by atoms with Crippen molar-refractivity contribution in [2.75, 3.05) is 7.11 Å². The summed E-state index contributed by atoms with van der Waals surface area (Å²) in [4.78, 5) is 4.32. The molecule has 0 unspecified atom stereocenters. The van der Waals surface area contributed by atoms with Crippen molar-refractivity contribution in [3.8, 4) is 29.4 Å². The molecule has 3 heterocycles. The second-order valence-electron chi connectivity index (χ2n) is 5.17. The maximum atomic E-state index is 6.18. The zero-order valence-electron chi connectivity index (χ0n) is 12.3. The molecule has 0 amide bonds. The summed E-state index contributed by atoms with van der Waals surface area (Å²) in [6.07, 6.45) is 7.32. The number of ether oxygens (including phenoxy) is 1. The van der Waals surface area contributed by atoms with E-state index in [0.29, 0.717) is 23.9 Å². The van der Waals surface area contributed by atoms with Crippen LogP contribution in [0.2, 0.25) is 5.02 Å². The van der Waals surface area contributed by atoms with Crippen LogP contribution in [0.5, 0.6) is 0 Å². The van der Waals surface area contributed by atoms with Gasteiger partial charge >= 0.3 is 0 Å². The molecule has 114 valence electrons. The van der Waals surface area contributed by atoms with Gasteiger partial charge < -0.3 is 9.30 Å². The molecule has 1 aromatic carbocycles. The highest BCUT2D eigenvalue weighted by Gasteiger charge is 2.25. The van der Waals surface area contributed by atoms with E-state index >= 15 is 0 Å². The minimum absolute atomic E-state index is 0.364. The molecule has 2 aromatic heterocycles. The molecule has 0 aliphatic carbocycles. The van der Waals surface area contributed by atoms with Crippen LogP contribution >= 0.6 is 11.6 Å². The van der Waals surface area contributed by atoms with Crippen molar-refractivity contribution in [1.29, 1.82) is 0 Å². The Morgan fingerprint density at radius 1 is 1.39 bits per heavy atom. The van der Waals surface area contributed by atoms with E-state index in [2.05, 4.69) is 21.1 Å². The molecule has 23 heavy (non-hydrogen) atoms. The Labute approximate surface area is 137 Å². The van der Waals surface area contributed by atoms with Gasteiger partial charge in [0.1, 0.15) is 18.6 Å². The number of nitrogens with zero attached hydrogens (tertiary/aromatic N) is 5. The number of rotatable bonds is 2. The number of halogens is 1. The largest absolute Gasteiger partial charge is 0.377 e. The van der Waals surface area contributed by atoms with Gasteiger partial charge in [-0.1, -0.05) is 11.6 Å². The number of imidazole rings is 1. The summed E-state index contributed by atoms with van der Waals surface area (Å²) in [6, 6.07) is 5.64. The minimum atomic E-state index is 0.364. The predicted octanol–water partition coefficient (Wildman–Crippen LogP) is 2.27. The fourth-order valence-electron chi connectivity index (χ4n) is 2.84. The fraction of sp³-hybridized carbons (Fsp3) is 0.188. The Bertz CT molecular complexity index is 950. The maximum Gasteiger partial charge on any atom is 0.166 e. The number of terminal acetylenes is 1. The monoisotopic (exact) mass is 325 g/mol. The normalized spacial score (nSPS) is 12.0. The Hall–Kier alpha value is -2.62. The van der Waals surface area contributed by atoms with E-state index in [0.717, 1.165) is 28.6 Å². The smallest absolute Gasteiger partial charge is 0.166 e. The summed E-state index contributed by atoms with van der Waals surface area (Å²) in [6.45, 7) is 0.884. The maximum absolute atomic E-state index is 6.18. The number of aromatic nitrogens is 5. The van der Waals surface area contributed by atoms with Crippen LogP contribution in [0.3, 0.4) is 0 Å². The van der Waals surface area contributed by atoms with Gasteiger partial charge in [-0.2, -0.15) is 0 Å². The molecule has 0 atom stereocenters. The Morgan fingerprint density at radius 2 is 2.26 bits per heavy atom. The Kier molecular flexibility index (Phi) is 3.18. The second-order valence-corrected chi connectivity index (χ2v) is 5.61. The molecule has 0 radical (unpaired) electrons. The lowest BCUT2D eigenvalue weighted by Gasteiger charge is -2.08. The van der Waals surface area contributed by atoms with Gasteiger partial charge in [0, 0.05) is 17.7 Å². The van der Waals surface area contributed by atoms with E-state index in [9.17, 15) is 0 Å². The van der Waals surface area contributed by atoms with E-state index in [1.165, 1.54) is 0 Å². The van der Waals surface area contributed by atoms with Crippen LogP contribution in [0.4, 0.5) is 0 Å². The summed E-state index contributed by atoms with van der Waals surface area (Å²) >= 11 is 6.18. The molecule has 0 saturated carbocycles. The van der Waals surface area contributed by atoms with Gasteiger partial charge in [0.2, 0.25) is 0 Å². The van der Waals surface area contributed by atoms with E-state index in [-0.39, 0.29) is 0 Å². The second kappa shape index (κ2) is 5.23. The molecule has 6 nitrogen and oxygen atoms in total. The fourth-order valence-corrected chi connectivity index (χ4v) is 3.01. The first-order chi connectivity index (χ1) is 11.2. The summed E-state index contributed by atoms with van der Waals surface area (Å²) in [5, 5.41) is 9.19. The van der Waals surface area contributed by atoms with Crippen LogP contribution in [0.15, 0.2) is 24.5 Å². The molecule has 4 rings (SSSR count). The van der Waals surface area contributed by atoms with Gasteiger partial charge in [-0.15, -0.1) is 16.6 Å². The molecule has 1 aliphatic heterocycles. The van der Waals surface area contributed by atoms with Crippen LogP contribution in [-0.2, 0) is 17.9 Å². The Balaban J connectivity index is 2.05. The highest BCUT2D eigenvalue weighted by Crippen LogP contribution is 2.33. The predicted molar refractivity (Wildman–Crippen MR) is 85.3 cm³/mol. The zero-order chi connectivity index (χ0) is 16.0. The SMILES string of the molecule is C#Cc1ncn2c1Cn1c(COC)nnc1-c1cc(Cl)ccc1-2. The highest BCUT2D eigenvalue weighted by atomic mass is 35.5. The first-order valence-electron chi connectivity index (χ1n) is 6.97. The molecule has 3 aromatic rings. The van der Waals surface area contributed by atoms with Crippen molar-refractivity contribution in [2.45, 2.75) is 13.2 Å². The van der Waals surface area contributed by atoms with Crippen molar-refractivity contribution in [3.05, 3.63) is 46.8 Å². The van der Waals surface area contributed by atoms with Gasteiger partial charge in [-0.05, 0) is 24.1 Å². The zero-order valence-corrected chi connectivity index (χ0v) is 13.1. The quantitative estimate of drug-likeness (QED) is 0.531. The van der Waals surface area contributed by atoms with E-state index in [4.69, 9.17) is 22.8 Å². The number of fused-ring (bicyclic) bond motifs is 5. The summed E-state index contributed by atoms with van der Waals surface area (Å²) in [5.74, 6) is 4.10. The lowest BCUT2D eigenvalue weighted by molar-refractivity contribution is 0.174. The lowest BCUT2D eigenvalue weighted by Crippen LogP contribution is -2.09. The highest BCUT2D eigenvalue weighted by molar-refractivity contribution is 6.31. The number of benzene rings is 1. The average molecular weight is 326 g/mol. The van der Waals surface area contributed by atoms with Crippen molar-refractivity contribution in [1.82, 2.24) is 24.3 Å². The van der Waals surface area contributed by atoms with Gasteiger partial charge in [0.15, 0.2) is 11.6 Å². The third-order valence-corrected chi connectivity index (χ3v) is 4.11. The van der Waals surface area contributed by atoms with Crippen LogP contribution in [0, 0.1) is 12.3 Å². The van der Waals surface area contributed by atoms with Crippen molar-refractivity contribution >= 4 is 11.6 Å². The van der Waals surface area contributed by atoms with Crippen LogP contribution in [0.25, 0.3) is 17.1 Å². The topological polar surface area (TPSA) is 57.8 Å². The van der Waals surface area contributed by atoms with E-state index in [1.54, 1.807) is 13.4 Å². The molecule has 0 N–H and O–H groups in total. The molecule has 7 heteroatoms. The molecular formula is C16H12ClN5O. The first kappa shape index (κ1) is 14.0. The molecule has 0 saturated heterocycles. The number of hydrogen-bond acceptors (Lipinski definition) is 4. The molecule has 1 aliphatic rings. The first-order valence-corrected chi connectivity index (χ1v) is 7.35. The van der Waals surface area contributed by atoms with Crippen molar-refractivity contribution < 1.29 is 4.74 Å². The van der Waals surface area contributed by atoms with Crippen LogP contribution in [0.1, 0.15) is 17.2 Å². The van der Waals surface area contributed by atoms with Gasteiger partial charge in [-0.25, -0.2) is 4.98 Å². The van der Waals surface area contributed by atoms with Crippen LogP contribution in [-0.4, -0.2) is 31.4 Å². The van der Waals surface area contributed by atoms with Gasteiger partial charge in [-0.3, -0.25) is 4.57 Å². The Morgan fingerprint density at radius 3 is 3.04 bits per heavy atom. The van der Waals surface area contributed by atoms with Crippen molar-refractivity contribution in [3.63, 3.8) is 0 Å². The third-order valence-electron chi connectivity index (χ3n) is 3.87. The molecular weight excluding hydrogens is 314 g/mol. The van der Waals surface area contributed by atoms with Crippen LogP contribution < -0.4 is 0 Å². The minimum Gasteiger partial charge on any atom is -0.377 e. The summed E-state index contributed by atoms with van der Waals surface area (Å²) < 4.78 is 9.18. The van der Waals surface area contributed by atoms with Gasteiger partial charge in [0.25, 0.3) is 0 Å². The van der Waals surface area contributed by atoms with E-state index in [1.807, 2.05) is 27.3 Å². The molecule has 0 spiro atoms.